The first-order valence-electron chi connectivity index (χ1n) is 6.68. The van der Waals surface area contributed by atoms with Crippen LogP contribution in [0.2, 0.25) is 0 Å². The Morgan fingerprint density at radius 2 is 2.00 bits per heavy atom. The Bertz CT molecular complexity index is 561. The molecule has 1 fully saturated rings. The standard InChI is InChI=1S/C14H17BrIN3OS/c1-9(13(17)21)18-4-6-19(7-5-18)14(20)11-8-10(16)2-3-12(11)15/h2-3,8-9H,4-7H2,1H3,(H2,17,21). The van der Waals surface area contributed by atoms with Gasteiger partial charge in [-0.3, -0.25) is 9.69 Å². The molecule has 0 aliphatic carbocycles. The normalized spacial score (nSPS) is 17.6. The molecule has 1 heterocycles. The van der Waals surface area contributed by atoms with E-state index in [1.165, 1.54) is 0 Å². The van der Waals surface area contributed by atoms with Gasteiger partial charge in [0, 0.05) is 34.2 Å². The van der Waals surface area contributed by atoms with Gasteiger partial charge in [-0.05, 0) is 63.6 Å². The first-order valence-corrected chi connectivity index (χ1v) is 8.96. The van der Waals surface area contributed by atoms with E-state index < -0.39 is 0 Å². The highest BCUT2D eigenvalue weighted by atomic mass is 127. The molecule has 0 spiro atoms. The molecule has 0 radical (unpaired) electrons. The molecule has 7 heteroatoms. The third-order valence-corrected chi connectivity index (χ3v) is 5.42. The van der Waals surface area contributed by atoms with Crippen molar-refractivity contribution in [3.8, 4) is 0 Å². The van der Waals surface area contributed by atoms with Crippen molar-refractivity contribution in [3.05, 3.63) is 31.8 Å². The SMILES string of the molecule is CC(C(N)=S)N1CCN(C(=O)c2cc(I)ccc2Br)CC1. The van der Waals surface area contributed by atoms with Crippen molar-refractivity contribution < 1.29 is 4.79 Å². The van der Waals surface area contributed by atoms with Crippen LogP contribution in [0.1, 0.15) is 17.3 Å². The lowest BCUT2D eigenvalue weighted by molar-refractivity contribution is 0.0620. The number of hydrogen-bond donors (Lipinski definition) is 1. The van der Waals surface area contributed by atoms with Crippen molar-refractivity contribution in [2.45, 2.75) is 13.0 Å². The molecule has 114 valence electrons. The Morgan fingerprint density at radius 1 is 1.38 bits per heavy atom. The second-order valence-corrected chi connectivity index (χ2v) is 7.60. The summed E-state index contributed by atoms with van der Waals surface area (Å²) >= 11 is 10.7. The number of carbonyl (C=O) groups is 1. The summed E-state index contributed by atoms with van der Waals surface area (Å²) in [4.78, 5) is 17.2. The fraction of sp³-hybridized carbons (Fsp3) is 0.429. The molecule has 1 unspecified atom stereocenters. The van der Waals surface area contributed by atoms with E-state index in [-0.39, 0.29) is 11.9 Å². The van der Waals surface area contributed by atoms with Crippen LogP contribution in [0.3, 0.4) is 0 Å². The number of hydrogen-bond acceptors (Lipinski definition) is 3. The van der Waals surface area contributed by atoms with Crippen molar-refractivity contribution in [2.24, 2.45) is 5.73 Å². The minimum Gasteiger partial charge on any atom is -0.392 e. The number of amides is 1. The van der Waals surface area contributed by atoms with Gasteiger partial charge in [-0.2, -0.15) is 0 Å². The Labute approximate surface area is 152 Å². The van der Waals surface area contributed by atoms with E-state index in [1.54, 1.807) is 0 Å². The van der Waals surface area contributed by atoms with Gasteiger partial charge >= 0.3 is 0 Å². The molecule has 1 atom stereocenters. The summed E-state index contributed by atoms with van der Waals surface area (Å²) in [6.45, 7) is 5.00. The van der Waals surface area contributed by atoms with Crippen LogP contribution in [0.25, 0.3) is 0 Å². The third kappa shape index (κ3) is 4.14. The Kier molecular flexibility index (Phi) is 5.98. The second kappa shape index (κ2) is 7.34. The molecule has 2 N–H and O–H groups in total. The molecule has 4 nitrogen and oxygen atoms in total. The van der Waals surface area contributed by atoms with Crippen LogP contribution >= 0.6 is 50.7 Å². The van der Waals surface area contributed by atoms with Gasteiger partial charge in [0.2, 0.25) is 0 Å². The number of halogens is 2. The fourth-order valence-corrected chi connectivity index (χ4v) is 3.38. The lowest BCUT2D eigenvalue weighted by atomic mass is 10.1. The molecule has 0 saturated carbocycles. The lowest BCUT2D eigenvalue weighted by Crippen LogP contribution is -2.54. The molecule has 0 bridgehead atoms. The van der Waals surface area contributed by atoms with E-state index in [9.17, 15) is 4.79 Å². The number of nitrogens with zero attached hydrogens (tertiary/aromatic N) is 2. The van der Waals surface area contributed by atoms with Crippen LogP contribution in [0.5, 0.6) is 0 Å². The molecular formula is C14H17BrIN3OS. The van der Waals surface area contributed by atoms with Gasteiger partial charge in [0.15, 0.2) is 0 Å². The average molecular weight is 482 g/mol. The highest BCUT2D eigenvalue weighted by Gasteiger charge is 2.26. The van der Waals surface area contributed by atoms with Gasteiger partial charge in [-0.15, -0.1) is 0 Å². The molecule has 1 saturated heterocycles. The number of carbonyl (C=O) groups excluding carboxylic acids is 1. The van der Waals surface area contributed by atoms with Crippen LogP contribution in [-0.4, -0.2) is 52.9 Å². The van der Waals surface area contributed by atoms with Crippen molar-refractivity contribution in [3.63, 3.8) is 0 Å². The van der Waals surface area contributed by atoms with Crippen molar-refractivity contribution >= 4 is 61.6 Å². The number of nitrogens with two attached hydrogens (primary N) is 1. The predicted octanol–water partition coefficient (Wildman–Crippen LogP) is 2.49. The van der Waals surface area contributed by atoms with Crippen LogP contribution < -0.4 is 5.73 Å². The first kappa shape index (κ1) is 17.1. The predicted molar refractivity (Wildman–Crippen MR) is 101 cm³/mol. The van der Waals surface area contributed by atoms with Crippen LogP contribution in [0.4, 0.5) is 0 Å². The van der Waals surface area contributed by atoms with Gasteiger partial charge < -0.3 is 10.6 Å². The quantitative estimate of drug-likeness (QED) is 0.532. The second-order valence-electron chi connectivity index (χ2n) is 5.03. The zero-order chi connectivity index (χ0) is 15.6. The molecule has 1 aromatic carbocycles. The number of benzene rings is 1. The number of piperazine rings is 1. The summed E-state index contributed by atoms with van der Waals surface area (Å²) in [6, 6.07) is 5.89. The summed E-state index contributed by atoms with van der Waals surface area (Å²) in [7, 11) is 0. The molecule has 0 aromatic heterocycles. The number of thiocarbonyl (C=S) groups is 1. The highest BCUT2D eigenvalue weighted by Crippen LogP contribution is 2.22. The maximum atomic E-state index is 12.6. The van der Waals surface area contributed by atoms with E-state index in [4.69, 9.17) is 18.0 Å². The molecule has 1 amide bonds. The molecule has 21 heavy (non-hydrogen) atoms. The molecule has 1 aromatic rings. The van der Waals surface area contributed by atoms with Gasteiger partial charge in [0.1, 0.15) is 0 Å². The van der Waals surface area contributed by atoms with Gasteiger partial charge in [-0.25, -0.2) is 0 Å². The Balaban J connectivity index is 2.03. The van der Waals surface area contributed by atoms with Gasteiger partial charge in [0.25, 0.3) is 5.91 Å². The summed E-state index contributed by atoms with van der Waals surface area (Å²) in [5, 5.41) is 0. The van der Waals surface area contributed by atoms with E-state index in [1.807, 2.05) is 30.0 Å². The fourth-order valence-electron chi connectivity index (χ4n) is 2.32. The summed E-state index contributed by atoms with van der Waals surface area (Å²) in [5.41, 5.74) is 6.41. The third-order valence-electron chi connectivity index (χ3n) is 3.72. The zero-order valence-electron chi connectivity index (χ0n) is 11.7. The van der Waals surface area contributed by atoms with Crippen molar-refractivity contribution in [2.75, 3.05) is 26.2 Å². The summed E-state index contributed by atoms with van der Waals surface area (Å²) in [5.74, 6) is 0.0722. The molecule has 2 rings (SSSR count). The maximum absolute atomic E-state index is 12.6. The van der Waals surface area contributed by atoms with Crippen molar-refractivity contribution in [1.29, 1.82) is 0 Å². The minimum atomic E-state index is 0.0722. The van der Waals surface area contributed by atoms with Gasteiger partial charge in [0.05, 0.1) is 16.6 Å². The Hall–Kier alpha value is -0.250. The average Bonchev–Trinajstić information content (AvgIpc) is 2.48. The van der Waals surface area contributed by atoms with Crippen molar-refractivity contribution in [1.82, 2.24) is 9.80 Å². The largest absolute Gasteiger partial charge is 0.392 e. The Morgan fingerprint density at radius 3 is 2.57 bits per heavy atom. The van der Waals surface area contributed by atoms with E-state index in [0.717, 1.165) is 26.7 Å². The number of rotatable bonds is 3. The zero-order valence-corrected chi connectivity index (χ0v) is 16.2. The molecular weight excluding hydrogens is 465 g/mol. The van der Waals surface area contributed by atoms with Crippen LogP contribution in [0, 0.1) is 3.57 Å². The summed E-state index contributed by atoms with van der Waals surface area (Å²) < 4.78 is 1.90. The summed E-state index contributed by atoms with van der Waals surface area (Å²) in [6.07, 6.45) is 0. The molecule has 1 aliphatic heterocycles. The van der Waals surface area contributed by atoms with E-state index >= 15 is 0 Å². The molecule has 1 aliphatic rings. The van der Waals surface area contributed by atoms with Gasteiger partial charge in [-0.1, -0.05) is 12.2 Å². The highest BCUT2D eigenvalue weighted by molar-refractivity contribution is 14.1. The smallest absolute Gasteiger partial charge is 0.255 e. The lowest BCUT2D eigenvalue weighted by Gasteiger charge is -2.37. The maximum Gasteiger partial charge on any atom is 0.255 e. The first-order chi connectivity index (χ1) is 9.90. The van der Waals surface area contributed by atoms with Crippen LogP contribution in [0.15, 0.2) is 22.7 Å². The topological polar surface area (TPSA) is 49.6 Å². The minimum absolute atomic E-state index is 0.0722. The monoisotopic (exact) mass is 481 g/mol. The van der Waals surface area contributed by atoms with E-state index in [2.05, 4.69) is 43.4 Å². The van der Waals surface area contributed by atoms with Crippen LogP contribution in [-0.2, 0) is 0 Å². The van der Waals surface area contributed by atoms with E-state index in [0.29, 0.717) is 18.1 Å².